The third-order valence-electron chi connectivity index (χ3n) is 6.19. The van der Waals surface area contributed by atoms with Crippen molar-refractivity contribution in [2.75, 3.05) is 12.4 Å². The van der Waals surface area contributed by atoms with Crippen LogP contribution < -0.4 is 5.32 Å². The van der Waals surface area contributed by atoms with Crippen LogP contribution >= 0.6 is 0 Å². The van der Waals surface area contributed by atoms with E-state index in [2.05, 4.69) is 67.4 Å². The molecule has 5 nitrogen and oxygen atoms in total. The lowest BCUT2D eigenvalue weighted by atomic mass is 9.95. The first-order valence-corrected chi connectivity index (χ1v) is 10.9. The second kappa shape index (κ2) is 8.41. The number of benzene rings is 1. The molecule has 2 aliphatic heterocycles. The number of nitrogens with zero attached hydrogens (tertiary/aromatic N) is 3. The van der Waals surface area contributed by atoms with E-state index in [1.54, 1.807) is 7.11 Å². The Morgan fingerprint density at radius 2 is 1.76 bits per heavy atom. The number of hydrogen-bond donors (Lipinski definition) is 1. The van der Waals surface area contributed by atoms with Crippen LogP contribution in [0.4, 0.5) is 5.82 Å². The summed E-state index contributed by atoms with van der Waals surface area (Å²) in [6.45, 7) is 8.06. The van der Waals surface area contributed by atoms with Gasteiger partial charge in [0, 0.05) is 43.3 Å². The Hall–Kier alpha value is -1.98. The molecule has 0 spiro atoms. The van der Waals surface area contributed by atoms with Gasteiger partial charge in [-0.2, -0.15) is 0 Å². The van der Waals surface area contributed by atoms with Crippen LogP contribution in [0.2, 0.25) is 0 Å². The van der Waals surface area contributed by atoms with Crippen LogP contribution in [-0.2, 0) is 23.3 Å². The lowest BCUT2D eigenvalue weighted by molar-refractivity contribution is 0.124. The summed E-state index contributed by atoms with van der Waals surface area (Å²) < 4.78 is 5.33. The maximum atomic E-state index is 5.33. The molecule has 2 fully saturated rings. The van der Waals surface area contributed by atoms with Gasteiger partial charge in [-0.3, -0.25) is 4.90 Å². The molecule has 1 aromatic carbocycles. The lowest BCUT2D eigenvalue weighted by Gasteiger charge is -2.39. The molecule has 1 N–H and O–H groups in total. The summed E-state index contributed by atoms with van der Waals surface area (Å²) in [7, 11) is 1.71. The Morgan fingerprint density at radius 1 is 1.07 bits per heavy atom. The minimum Gasteiger partial charge on any atom is -0.378 e. The predicted octanol–water partition coefficient (Wildman–Crippen LogP) is 4.53. The van der Waals surface area contributed by atoms with Gasteiger partial charge in [-0.1, -0.05) is 51.1 Å². The Kier molecular flexibility index (Phi) is 5.88. The zero-order valence-corrected chi connectivity index (χ0v) is 18.2. The highest BCUT2D eigenvalue weighted by Crippen LogP contribution is 2.38. The molecule has 2 atom stereocenters. The van der Waals surface area contributed by atoms with Gasteiger partial charge in [0.15, 0.2) is 0 Å². The van der Waals surface area contributed by atoms with Gasteiger partial charge < -0.3 is 10.1 Å². The van der Waals surface area contributed by atoms with Gasteiger partial charge in [0.05, 0.1) is 12.3 Å². The van der Waals surface area contributed by atoms with E-state index in [1.807, 2.05) is 0 Å². The molecule has 2 bridgehead atoms. The van der Waals surface area contributed by atoms with Crippen molar-refractivity contribution in [3.63, 3.8) is 0 Å². The van der Waals surface area contributed by atoms with Gasteiger partial charge in [0.25, 0.3) is 0 Å². The number of ether oxygens (including phenoxy) is 1. The van der Waals surface area contributed by atoms with Crippen LogP contribution in [0.1, 0.15) is 63.5 Å². The maximum Gasteiger partial charge on any atom is 0.136 e. The molecule has 0 radical (unpaired) electrons. The molecule has 2 aliphatic rings. The van der Waals surface area contributed by atoms with E-state index < -0.39 is 0 Å². The molecule has 2 saturated heterocycles. The highest BCUT2D eigenvalue weighted by atomic mass is 16.5. The molecule has 2 aromatic rings. The van der Waals surface area contributed by atoms with E-state index in [0.717, 1.165) is 23.9 Å². The van der Waals surface area contributed by atoms with E-state index in [-0.39, 0.29) is 5.41 Å². The molecule has 5 heteroatoms. The van der Waals surface area contributed by atoms with Crippen molar-refractivity contribution in [2.24, 2.45) is 0 Å². The largest absolute Gasteiger partial charge is 0.378 e. The van der Waals surface area contributed by atoms with Crippen LogP contribution in [-0.4, -0.2) is 40.1 Å². The third kappa shape index (κ3) is 4.78. The Labute approximate surface area is 174 Å². The standard InChI is InChI=1S/C24H34N4O/c1-24(2,3)23-26-19(16-29-4)14-22(27-23)25-18-12-20-10-11-21(13-18)28(20)15-17-8-6-5-7-9-17/h5-9,14,18,20-21H,10-13,15-16H2,1-4H3,(H,25,26,27). The fourth-order valence-electron chi connectivity index (χ4n) is 4.78. The van der Waals surface area contributed by atoms with Crippen molar-refractivity contribution in [3.05, 3.63) is 53.5 Å². The molecule has 1 aromatic heterocycles. The van der Waals surface area contributed by atoms with Gasteiger partial charge in [0.1, 0.15) is 11.6 Å². The smallest absolute Gasteiger partial charge is 0.136 e. The summed E-state index contributed by atoms with van der Waals surface area (Å²) in [5.74, 6) is 1.82. The van der Waals surface area contributed by atoms with Crippen molar-refractivity contribution in [1.82, 2.24) is 14.9 Å². The van der Waals surface area contributed by atoms with Crippen LogP contribution in [0.15, 0.2) is 36.4 Å². The second-order valence-electron chi connectivity index (χ2n) is 9.61. The number of rotatable bonds is 6. The predicted molar refractivity (Wildman–Crippen MR) is 117 cm³/mol. The van der Waals surface area contributed by atoms with Gasteiger partial charge in [-0.25, -0.2) is 9.97 Å². The molecule has 0 amide bonds. The quantitative estimate of drug-likeness (QED) is 0.780. The monoisotopic (exact) mass is 394 g/mol. The summed E-state index contributed by atoms with van der Waals surface area (Å²) in [6.07, 6.45) is 4.97. The summed E-state index contributed by atoms with van der Waals surface area (Å²) >= 11 is 0. The zero-order valence-electron chi connectivity index (χ0n) is 18.2. The van der Waals surface area contributed by atoms with E-state index in [4.69, 9.17) is 14.7 Å². The molecule has 29 heavy (non-hydrogen) atoms. The number of aromatic nitrogens is 2. The van der Waals surface area contributed by atoms with E-state index in [9.17, 15) is 0 Å². The van der Waals surface area contributed by atoms with Crippen molar-refractivity contribution >= 4 is 5.82 Å². The van der Waals surface area contributed by atoms with Crippen LogP contribution in [0, 0.1) is 0 Å². The zero-order chi connectivity index (χ0) is 20.4. The first-order chi connectivity index (χ1) is 13.9. The van der Waals surface area contributed by atoms with E-state index >= 15 is 0 Å². The SMILES string of the molecule is COCc1cc(NC2CC3CCC(C2)N3Cc2ccccc2)nc(C(C)(C)C)n1. The second-order valence-corrected chi connectivity index (χ2v) is 9.61. The summed E-state index contributed by atoms with van der Waals surface area (Å²) in [6, 6.07) is 14.7. The van der Waals surface area contributed by atoms with Crippen molar-refractivity contribution in [3.8, 4) is 0 Å². The van der Waals surface area contributed by atoms with Crippen LogP contribution in [0.25, 0.3) is 0 Å². The third-order valence-corrected chi connectivity index (χ3v) is 6.19. The van der Waals surface area contributed by atoms with E-state index in [1.165, 1.54) is 31.2 Å². The molecular weight excluding hydrogens is 360 g/mol. The summed E-state index contributed by atoms with van der Waals surface area (Å²) in [4.78, 5) is 12.3. The highest BCUT2D eigenvalue weighted by Gasteiger charge is 2.40. The first kappa shape index (κ1) is 20.3. The van der Waals surface area contributed by atoms with Gasteiger partial charge in [-0.15, -0.1) is 0 Å². The minimum absolute atomic E-state index is 0.0851. The number of nitrogens with one attached hydrogen (secondary N) is 1. The molecule has 4 rings (SSSR count). The molecule has 0 saturated carbocycles. The Morgan fingerprint density at radius 3 is 2.38 bits per heavy atom. The molecule has 0 aliphatic carbocycles. The average Bonchev–Trinajstić information content (AvgIpc) is 2.91. The molecule has 2 unspecified atom stereocenters. The van der Waals surface area contributed by atoms with Crippen LogP contribution in [0.5, 0.6) is 0 Å². The summed E-state index contributed by atoms with van der Waals surface area (Å²) in [5.41, 5.74) is 2.28. The number of methoxy groups -OCH3 is 1. The number of fused-ring (bicyclic) bond motifs is 2. The molecule has 156 valence electrons. The van der Waals surface area contributed by atoms with Crippen LogP contribution in [0.3, 0.4) is 0 Å². The normalized spacial score (nSPS) is 24.6. The van der Waals surface area contributed by atoms with Crippen molar-refractivity contribution < 1.29 is 4.74 Å². The van der Waals surface area contributed by atoms with Gasteiger partial charge in [-0.05, 0) is 31.2 Å². The Balaban J connectivity index is 1.46. The first-order valence-electron chi connectivity index (χ1n) is 10.9. The van der Waals surface area contributed by atoms with Gasteiger partial charge >= 0.3 is 0 Å². The topological polar surface area (TPSA) is 50.3 Å². The van der Waals surface area contributed by atoms with Crippen molar-refractivity contribution in [1.29, 1.82) is 0 Å². The lowest BCUT2D eigenvalue weighted by Crippen LogP contribution is -2.46. The van der Waals surface area contributed by atoms with Gasteiger partial charge in [0.2, 0.25) is 0 Å². The number of piperidine rings is 1. The number of anilines is 1. The molecule has 3 heterocycles. The maximum absolute atomic E-state index is 5.33. The Bertz CT molecular complexity index is 803. The average molecular weight is 395 g/mol. The summed E-state index contributed by atoms with van der Waals surface area (Å²) in [5, 5.41) is 3.74. The fourth-order valence-corrected chi connectivity index (χ4v) is 4.78. The van der Waals surface area contributed by atoms with Crippen molar-refractivity contribution in [2.45, 2.75) is 83.1 Å². The van der Waals surface area contributed by atoms with E-state index in [0.29, 0.717) is 24.7 Å². The minimum atomic E-state index is -0.0851. The number of hydrogen-bond acceptors (Lipinski definition) is 5. The highest BCUT2D eigenvalue weighted by molar-refractivity contribution is 5.38. The fraction of sp³-hybridized carbons (Fsp3) is 0.583. The molecular formula is C24H34N4O.